The molecule has 0 spiro atoms. The van der Waals surface area contributed by atoms with E-state index in [1.807, 2.05) is 28.6 Å². The summed E-state index contributed by atoms with van der Waals surface area (Å²) in [6.45, 7) is 4.84. The molecule has 1 saturated heterocycles. The fourth-order valence-electron chi connectivity index (χ4n) is 2.89. The molecule has 0 atom stereocenters. The van der Waals surface area contributed by atoms with Gasteiger partial charge in [-0.05, 0) is 32.3 Å². The highest BCUT2D eigenvalue weighted by molar-refractivity contribution is 5.74. The molecular formula is C16H26N4O2. The lowest BCUT2D eigenvalue weighted by molar-refractivity contribution is 0.180. The van der Waals surface area contributed by atoms with Crippen LogP contribution >= 0.6 is 0 Å². The van der Waals surface area contributed by atoms with Gasteiger partial charge in [0.05, 0.1) is 13.2 Å². The van der Waals surface area contributed by atoms with E-state index in [0.29, 0.717) is 19.0 Å². The lowest BCUT2D eigenvalue weighted by atomic mass is 9.93. The summed E-state index contributed by atoms with van der Waals surface area (Å²) in [5.41, 5.74) is 1.17. The predicted octanol–water partition coefficient (Wildman–Crippen LogP) is 1.73. The molecule has 2 rings (SSSR count). The van der Waals surface area contributed by atoms with Crippen LogP contribution in [0.15, 0.2) is 24.4 Å². The summed E-state index contributed by atoms with van der Waals surface area (Å²) in [5.74, 6) is 0.418. The second kappa shape index (κ2) is 8.58. The van der Waals surface area contributed by atoms with Crippen LogP contribution in [0.4, 0.5) is 4.79 Å². The fraction of sp³-hybridized carbons (Fsp3) is 0.625. The molecule has 1 fully saturated rings. The smallest absolute Gasteiger partial charge is 0.317 e. The van der Waals surface area contributed by atoms with Crippen molar-refractivity contribution >= 4 is 6.03 Å². The lowest BCUT2D eigenvalue weighted by Crippen LogP contribution is -2.44. The first-order valence-corrected chi connectivity index (χ1v) is 8.02. The van der Waals surface area contributed by atoms with Gasteiger partial charge < -0.3 is 15.3 Å². The standard InChI is InChI=1S/C16H26N4O2/c1-2-3-4-8-17-16(22)19-10-6-14(7-11-19)15-5-9-18-20(15)12-13-21/h2-3,5,9,14,21H,4,6-8,10-13H2,1H3,(H,17,22)/b3-2+. The minimum Gasteiger partial charge on any atom is -0.394 e. The maximum Gasteiger partial charge on any atom is 0.317 e. The number of carbonyl (C=O) groups excluding carboxylic acids is 1. The Morgan fingerprint density at radius 2 is 2.27 bits per heavy atom. The maximum absolute atomic E-state index is 12.1. The van der Waals surface area contributed by atoms with Gasteiger partial charge in [0, 0.05) is 37.4 Å². The molecule has 122 valence electrons. The predicted molar refractivity (Wildman–Crippen MR) is 85.7 cm³/mol. The zero-order chi connectivity index (χ0) is 15.8. The number of nitrogens with one attached hydrogen (secondary N) is 1. The van der Waals surface area contributed by atoms with Crippen molar-refractivity contribution in [3.8, 4) is 0 Å². The molecule has 2 N–H and O–H groups in total. The third kappa shape index (κ3) is 4.34. The van der Waals surface area contributed by atoms with E-state index < -0.39 is 0 Å². The molecule has 6 heteroatoms. The number of urea groups is 1. The van der Waals surface area contributed by atoms with E-state index in [1.165, 1.54) is 5.69 Å². The summed E-state index contributed by atoms with van der Waals surface area (Å²) in [4.78, 5) is 14.0. The lowest BCUT2D eigenvalue weighted by Gasteiger charge is -2.32. The number of rotatable bonds is 6. The van der Waals surface area contributed by atoms with E-state index in [9.17, 15) is 4.79 Å². The number of amides is 2. The average molecular weight is 306 g/mol. The Morgan fingerprint density at radius 1 is 1.50 bits per heavy atom. The average Bonchev–Trinajstić information content (AvgIpc) is 3.00. The minimum absolute atomic E-state index is 0.0341. The van der Waals surface area contributed by atoms with Gasteiger partial charge in [-0.25, -0.2) is 4.79 Å². The number of aliphatic hydroxyl groups is 1. The van der Waals surface area contributed by atoms with Crippen molar-refractivity contribution in [1.29, 1.82) is 0 Å². The normalized spacial score (nSPS) is 16.4. The Labute approximate surface area is 131 Å². The molecular weight excluding hydrogens is 280 g/mol. The van der Waals surface area contributed by atoms with Crippen LogP contribution in [0.1, 0.15) is 37.8 Å². The van der Waals surface area contributed by atoms with Crippen LogP contribution in [0.2, 0.25) is 0 Å². The third-order valence-electron chi connectivity index (χ3n) is 4.08. The highest BCUT2D eigenvalue weighted by Crippen LogP contribution is 2.27. The van der Waals surface area contributed by atoms with E-state index in [1.54, 1.807) is 6.20 Å². The Bertz CT molecular complexity index is 490. The maximum atomic E-state index is 12.1. The molecule has 0 bridgehead atoms. The first-order valence-electron chi connectivity index (χ1n) is 8.02. The van der Waals surface area contributed by atoms with Crippen LogP contribution in [-0.2, 0) is 6.54 Å². The number of allylic oxidation sites excluding steroid dienone is 1. The molecule has 2 amide bonds. The van der Waals surface area contributed by atoms with Gasteiger partial charge in [0.2, 0.25) is 0 Å². The molecule has 1 aromatic heterocycles. The largest absolute Gasteiger partial charge is 0.394 e. The van der Waals surface area contributed by atoms with Crippen molar-refractivity contribution in [2.45, 2.75) is 38.6 Å². The van der Waals surface area contributed by atoms with Gasteiger partial charge >= 0.3 is 6.03 Å². The van der Waals surface area contributed by atoms with Crippen molar-refractivity contribution in [2.24, 2.45) is 0 Å². The Kier molecular flexibility index (Phi) is 6.45. The van der Waals surface area contributed by atoms with Crippen LogP contribution in [-0.4, -0.2) is 52.1 Å². The van der Waals surface area contributed by atoms with Crippen molar-refractivity contribution in [3.05, 3.63) is 30.1 Å². The van der Waals surface area contributed by atoms with Gasteiger partial charge in [0.25, 0.3) is 0 Å². The highest BCUT2D eigenvalue weighted by Gasteiger charge is 2.25. The molecule has 22 heavy (non-hydrogen) atoms. The number of hydrogen-bond acceptors (Lipinski definition) is 3. The summed E-state index contributed by atoms with van der Waals surface area (Å²) in [6.07, 6.45) is 8.59. The van der Waals surface area contributed by atoms with Crippen molar-refractivity contribution in [1.82, 2.24) is 20.0 Å². The van der Waals surface area contributed by atoms with Crippen LogP contribution in [0, 0.1) is 0 Å². The van der Waals surface area contributed by atoms with Gasteiger partial charge in [0.1, 0.15) is 0 Å². The van der Waals surface area contributed by atoms with Crippen molar-refractivity contribution in [2.75, 3.05) is 26.2 Å². The molecule has 1 aliphatic heterocycles. The summed E-state index contributed by atoms with van der Waals surface area (Å²) in [7, 11) is 0. The first-order chi connectivity index (χ1) is 10.8. The van der Waals surface area contributed by atoms with Crippen molar-refractivity contribution in [3.63, 3.8) is 0 Å². The number of hydrogen-bond donors (Lipinski definition) is 2. The van der Waals surface area contributed by atoms with Crippen LogP contribution in [0.25, 0.3) is 0 Å². The Balaban J connectivity index is 1.80. The second-order valence-electron chi connectivity index (χ2n) is 5.55. The number of carbonyl (C=O) groups is 1. The number of aliphatic hydroxyl groups excluding tert-OH is 1. The van der Waals surface area contributed by atoms with E-state index in [4.69, 9.17) is 5.11 Å². The van der Waals surface area contributed by atoms with Crippen LogP contribution in [0.5, 0.6) is 0 Å². The zero-order valence-corrected chi connectivity index (χ0v) is 13.2. The quantitative estimate of drug-likeness (QED) is 0.621. The molecule has 0 unspecified atom stereocenters. The molecule has 0 saturated carbocycles. The molecule has 0 aliphatic carbocycles. The van der Waals surface area contributed by atoms with E-state index in [-0.39, 0.29) is 12.6 Å². The molecule has 0 radical (unpaired) electrons. The molecule has 6 nitrogen and oxygen atoms in total. The van der Waals surface area contributed by atoms with Gasteiger partial charge in [-0.15, -0.1) is 0 Å². The van der Waals surface area contributed by atoms with E-state index >= 15 is 0 Å². The van der Waals surface area contributed by atoms with Crippen LogP contribution < -0.4 is 5.32 Å². The molecule has 0 aromatic carbocycles. The molecule has 1 aliphatic rings. The number of aromatic nitrogens is 2. The van der Waals surface area contributed by atoms with Gasteiger partial charge in [-0.2, -0.15) is 5.10 Å². The molecule has 1 aromatic rings. The first kappa shape index (κ1) is 16.5. The summed E-state index contributed by atoms with van der Waals surface area (Å²) in [6, 6.07) is 2.06. The van der Waals surface area contributed by atoms with Gasteiger partial charge in [-0.3, -0.25) is 4.68 Å². The second-order valence-corrected chi connectivity index (χ2v) is 5.55. The summed E-state index contributed by atoms with van der Waals surface area (Å²) in [5, 5.41) is 16.3. The Morgan fingerprint density at radius 3 is 2.95 bits per heavy atom. The monoisotopic (exact) mass is 306 g/mol. The van der Waals surface area contributed by atoms with Gasteiger partial charge in [-0.1, -0.05) is 12.2 Å². The minimum atomic E-state index is 0.0341. The third-order valence-corrected chi connectivity index (χ3v) is 4.08. The van der Waals surface area contributed by atoms with Crippen molar-refractivity contribution < 1.29 is 9.90 Å². The van der Waals surface area contributed by atoms with E-state index in [0.717, 1.165) is 32.4 Å². The SMILES string of the molecule is C/C=C/CCNC(=O)N1CCC(c2ccnn2CCO)CC1. The topological polar surface area (TPSA) is 70.4 Å². The fourth-order valence-corrected chi connectivity index (χ4v) is 2.89. The summed E-state index contributed by atoms with van der Waals surface area (Å²) >= 11 is 0. The zero-order valence-electron chi connectivity index (χ0n) is 13.2. The summed E-state index contributed by atoms with van der Waals surface area (Å²) < 4.78 is 1.87. The van der Waals surface area contributed by atoms with Crippen LogP contribution in [0.3, 0.4) is 0 Å². The number of likely N-dealkylation sites (tertiary alicyclic amines) is 1. The Hall–Kier alpha value is -1.82. The van der Waals surface area contributed by atoms with Gasteiger partial charge in [0.15, 0.2) is 0 Å². The molecule has 2 heterocycles. The van der Waals surface area contributed by atoms with E-state index in [2.05, 4.69) is 16.5 Å². The number of piperidine rings is 1. The number of nitrogens with zero attached hydrogens (tertiary/aromatic N) is 3. The highest BCUT2D eigenvalue weighted by atomic mass is 16.3.